The lowest BCUT2D eigenvalue weighted by atomic mass is 9.90. The Morgan fingerprint density at radius 1 is 1.29 bits per heavy atom. The predicted octanol–water partition coefficient (Wildman–Crippen LogP) is 3.01. The molecule has 112 valence electrons. The minimum atomic E-state index is -1.58. The summed E-state index contributed by atoms with van der Waals surface area (Å²) in [6.07, 6.45) is 2.71. The monoisotopic (exact) mass is 289 g/mol. The molecule has 1 N–H and O–H groups in total. The van der Waals surface area contributed by atoms with Gasteiger partial charge in [0.05, 0.1) is 5.60 Å². The van der Waals surface area contributed by atoms with Gasteiger partial charge in [-0.15, -0.1) is 0 Å². The van der Waals surface area contributed by atoms with Crippen molar-refractivity contribution in [2.75, 3.05) is 0 Å². The first kappa shape index (κ1) is 15.3. The van der Waals surface area contributed by atoms with Crippen LogP contribution in [0.3, 0.4) is 0 Å². The molecule has 1 unspecified atom stereocenters. The maximum absolute atomic E-state index is 12.0. The van der Waals surface area contributed by atoms with Crippen molar-refractivity contribution in [3.05, 3.63) is 54.2 Å². The molecule has 0 fully saturated rings. The molecule has 0 bridgehead atoms. The average Bonchev–Trinajstić information content (AvgIpc) is 2.91. The number of ether oxygens (including phenoxy) is 1. The molecule has 0 saturated carbocycles. The number of aromatic nitrogens is 1. The Balaban J connectivity index is 2.48. The third-order valence-corrected chi connectivity index (χ3v) is 2.97. The van der Waals surface area contributed by atoms with E-state index in [1.165, 1.54) is 12.7 Å². The molecule has 5 heteroatoms. The minimum absolute atomic E-state index is 0.174. The highest BCUT2D eigenvalue weighted by molar-refractivity contribution is 5.79. The lowest BCUT2D eigenvalue weighted by Crippen LogP contribution is -2.46. The van der Waals surface area contributed by atoms with E-state index in [-0.39, 0.29) is 12.1 Å². The summed E-state index contributed by atoms with van der Waals surface area (Å²) in [6, 6.07) is 9.34. The van der Waals surface area contributed by atoms with Gasteiger partial charge in [-0.2, -0.15) is 0 Å². The summed E-state index contributed by atoms with van der Waals surface area (Å²) in [4.78, 5) is 16.0. The fourth-order valence-corrected chi connectivity index (χ4v) is 2.23. The first-order valence-corrected chi connectivity index (χ1v) is 6.70. The summed E-state index contributed by atoms with van der Waals surface area (Å²) in [5.74, 6) is -1.09. The van der Waals surface area contributed by atoms with Crippen molar-refractivity contribution in [1.29, 1.82) is 0 Å². The molecule has 2 rings (SSSR count). The van der Waals surface area contributed by atoms with Gasteiger partial charge in [0, 0.05) is 6.42 Å². The number of carboxylic acids is 1. The molecular formula is C16H19NO4. The van der Waals surface area contributed by atoms with Gasteiger partial charge in [0.1, 0.15) is 12.0 Å². The minimum Gasteiger partial charge on any atom is -0.479 e. The van der Waals surface area contributed by atoms with Gasteiger partial charge in [-0.25, -0.2) is 9.78 Å². The van der Waals surface area contributed by atoms with E-state index >= 15 is 0 Å². The molecule has 2 aromatic rings. The SMILES string of the molecule is CC(C)(C)OC(Cc1ccccc1)(C(=O)O)c1cocn1. The third kappa shape index (κ3) is 3.49. The molecule has 0 saturated heterocycles. The number of hydrogen-bond acceptors (Lipinski definition) is 4. The first-order chi connectivity index (χ1) is 9.83. The van der Waals surface area contributed by atoms with Gasteiger partial charge in [-0.3, -0.25) is 0 Å². The van der Waals surface area contributed by atoms with E-state index in [1.807, 2.05) is 51.1 Å². The van der Waals surface area contributed by atoms with Crippen LogP contribution in [0, 0.1) is 0 Å². The Kier molecular flexibility index (Phi) is 4.14. The van der Waals surface area contributed by atoms with Crippen molar-refractivity contribution in [1.82, 2.24) is 4.98 Å². The van der Waals surface area contributed by atoms with Crippen molar-refractivity contribution in [3.8, 4) is 0 Å². The van der Waals surface area contributed by atoms with Crippen LogP contribution in [0.15, 0.2) is 47.4 Å². The largest absolute Gasteiger partial charge is 0.479 e. The van der Waals surface area contributed by atoms with Crippen LogP contribution in [0.5, 0.6) is 0 Å². The normalized spacial score (nSPS) is 14.6. The van der Waals surface area contributed by atoms with Crippen LogP contribution >= 0.6 is 0 Å². The second kappa shape index (κ2) is 5.69. The molecule has 0 radical (unpaired) electrons. The van der Waals surface area contributed by atoms with E-state index in [0.29, 0.717) is 0 Å². The molecule has 0 aliphatic heterocycles. The topological polar surface area (TPSA) is 72.6 Å². The number of benzene rings is 1. The zero-order valence-corrected chi connectivity index (χ0v) is 12.4. The molecule has 1 aromatic heterocycles. The molecule has 0 aliphatic rings. The highest BCUT2D eigenvalue weighted by Crippen LogP contribution is 2.34. The zero-order valence-electron chi connectivity index (χ0n) is 12.4. The Labute approximate surface area is 123 Å². The van der Waals surface area contributed by atoms with E-state index in [2.05, 4.69) is 4.98 Å². The Hall–Kier alpha value is -2.14. The molecular weight excluding hydrogens is 270 g/mol. The van der Waals surface area contributed by atoms with E-state index in [4.69, 9.17) is 9.15 Å². The highest BCUT2D eigenvalue weighted by Gasteiger charge is 2.47. The second-order valence-electron chi connectivity index (χ2n) is 5.88. The van der Waals surface area contributed by atoms with E-state index in [0.717, 1.165) is 5.56 Å². The first-order valence-electron chi connectivity index (χ1n) is 6.70. The standard InChI is InChI=1S/C16H19NO4/c1-15(2,3)21-16(14(18)19,13-10-20-11-17-13)9-12-7-5-4-6-8-12/h4-8,10-11H,9H2,1-3H3,(H,18,19). The summed E-state index contributed by atoms with van der Waals surface area (Å²) >= 11 is 0. The quantitative estimate of drug-likeness (QED) is 0.916. The number of aliphatic carboxylic acids is 1. The molecule has 21 heavy (non-hydrogen) atoms. The predicted molar refractivity (Wildman–Crippen MR) is 76.8 cm³/mol. The average molecular weight is 289 g/mol. The van der Waals surface area contributed by atoms with Crippen LogP contribution in [0.4, 0.5) is 0 Å². The summed E-state index contributed by atoms with van der Waals surface area (Å²) in [5, 5.41) is 9.81. The van der Waals surface area contributed by atoms with Crippen molar-refractivity contribution < 1.29 is 19.1 Å². The number of rotatable bonds is 5. The maximum Gasteiger partial charge on any atom is 0.342 e. The summed E-state index contributed by atoms with van der Waals surface area (Å²) in [6.45, 7) is 5.45. The number of hydrogen-bond donors (Lipinski definition) is 1. The lowest BCUT2D eigenvalue weighted by molar-refractivity contribution is -0.188. The number of nitrogens with zero attached hydrogens (tertiary/aromatic N) is 1. The zero-order chi connectivity index (χ0) is 15.5. The summed E-state index contributed by atoms with van der Waals surface area (Å²) in [5.41, 5.74) is -1.11. The molecule has 1 aromatic carbocycles. The Morgan fingerprint density at radius 3 is 2.43 bits per heavy atom. The maximum atomic E-state index is 12.0. The summed E-state index contributed by atoms with van der Waals surface area (Å²) in [7, 11) is 0. The van der Waals surface area contributed by atoms with Gasteiger partial charge in [-0.1, -0.05) is 30.3 Å². The van der Waals surface area contributed by atoms with Crippen LogP contribution in [0.1, 0.15) is 32.0 Å². The number of carbonyl (C=O) groups is 1. The molecule has 1 heterocycles. The third-order valence-electron chi connectivity index (χ3n) is 2.97. The van der Waals surface area contributed by atoms with Gasteiger partial charge in [0.25, 0.3) is 0 Å². The van der Waals surface area contributed by atoms with Crippen molar-refractivity contribution >= 4 is 5.97 Å². The lowest BCUT2D eigenvalue weighted by Gasteiger charge is -2.34. The fourth-order valence-electron chi connectivity index (χ4n) is 2.23. The fraction of sp³-hybridized carbons (Fsp3) is 0.375. The van der Waals surface area contributed by atoms with E-state index in [9.17, 15) is 9.90 Å². The number of oxazole rings is 1. The van der Waals surface area contributed by atoms with Crippen molar-refractivity contribution in [2.45, 2.75) is 38.4 Å². The van der Waals surface area contributed by atoms with Gasteiger partial charge < -0.3 is 14.3 Å². The van der Waals surface area contributed by atoms with Crippen LogP contribution in [-0.4, -0.2) is 21.7 Å². The molecule has 0 aliphatic carbocycles. The number of carboxylic acid groups (broad SMARTS) is 1. The van der Waals surface area contributed by atoms with Gasteiger partial charge in [-0.05, 0) is 26.3 Å². The van der Waals surface area contributed by atoms with Crippen LogP contribution in [0.25, 0.3) is 0 Å². The Morgan fingerprint density at radius 2 is 1.95 bits per heavy atom. The van der Waals surface area contributed by atoms with Gasteiger partial charge in [0.15, 0.2) is 6.39 Å². The van der Waals surface area contributed by atoms with E-state index < -0.39 is 17.2 Å². The Bertz CT molecular complexity index is 586. The van der Waals surface area contributed by atoms with Gasteiger partial charge >= 0.3 is 5.97 Å². The van der Waals surface area contributed by atoms with Crippen molar-refractivity contribution in [2.24, 2.45) is 0 Å². The van der Waals surface area contributed by atoms with E-state index in [1.54, 1.807) is 0 Å². The molecule has 0 amide bonds. The second-order valence-corrected chi connectivity index (χ2v) is 5.88. The van der Waals surface area contributed by atoms with Crippen LogP contribution < -0.4 is 0 Å². The molecule has 1 atom stereocenters. The van der Waals surface area contributed by atoms with Crippen molar-refractivity contribution in [3.63, 3.8) is 0 Å². The highest BCUT2D eigenvalue weighted by atomic mass is 16.5. The van der Waals surface area contributed by atoms with Crippen LogP contribution in [-0.2, 0) is 21.6 Å². The van der Waals surface area contributed by atoms with Gasteiger partial charge in [0.2, 0.25) is 5.60 Å². The summed E-state index contributed by atoms with van der Waals surface area (Å²) < 4.78 is 10.9. The smallest absolute Gasteiger partial charge is 0.342 e. The molecule has 5 nitrogen and oxygen atoms in total. The van der Waals surface area contributed by atoms with Crippen LogP contribution in [0.2, 0.25) is 0 Å². The molecule has 0 spiro atoms.